The van der Waals surface area contributed by atoms with Gasteiger partial charge < -0.3 is 15.2 Å². The first kappa shape index (κ1) is 22.9. The van der Waals surface area contributed by atoms with E-state index in [1.165, 1.54) is 5.56 Å². The van der Waals surface area contributed by atoms with Gasteiger partial charge in [0.25, 0.3) is 5.91 Å². The van der Waals surface area contributed by atoms with Gasteiger partial charge in [-0.3, -0.25) is 9.59 Å². The number of unbranched alkanes of at least 4 members (excludes halogenated alkanes) is 1. The topological polar surface area (TPSA) is 65.2 Å². The van der Waals surface area contributed by atoms with Crippen molar-refractivity contribution >= 4 is 22.7 Å². The molecule has 4 aromatic rings. The number of H-pyrrole nitrogens is 1. The van der Waals surface area contributed by atoms with E-state index in [9.17, 15) is 9.59 Å². The van der Waals surface area contributed by atoms with Gasteiger partial charge in [-0.15, -0.1) is 0 Å². The molecule has 5 nitrogen and oxygen atoms in total. The van der Waals surface area contributed by atoms with E-state index in [0.29, 0.717) is 12.1 Å². The van der Waals surface area contributed by atoms with Crippen molar-refractivity contribution in [3.63, 3.8) is 0 Å². The monoisotopic (exact) mass is 465 g/mol. The lowest BCUT2D eigenvalue weighted by molar-refractivity contribution is -0.125. The highest BCUT2D eigenvalue weighted by Gasteiger charge is 2.44. The van der Waals surface area contributed by atoms with Crippen molar-refractivity contribution < 1.29 is 9.59 Å². The highest BCUT2D eigenvalue weighted by Crippen LogP contribution is 2.46. The molecule has 0 bridgehead atoms. The first-order valence-corrected chi connectivity index (χ1v) is 12.4. The highest BCUT2D eigenvalue weighted by molar-refractivity contribution is 6.04. The maximum atomic E-state index is 13.7. The number of fused-ring (bicyclic) bond motifs is 2. The number of carbonyl (C=O) groups is 2. The van der Waals surface area contributed by atoms with Crippen LogP contribution in [0.5, 0.6) is 0 Å². The Balaban J connectivity index is 1.69. The fourth-order valence-electron chi connectivity index (χ4n) is 5.09. The number of carbonyl (C=O) groups excluding carboxylic acids is 2. The zero-order valence-corrected chi connectivity index (χ0v) is 20.5. The smallest absolute Gasteiger partial charge is 0.255 e. The van der Waals surface area contributed by atoms with Gasteiger partial charge in [0.05, 0.1) is 11.7 Å². The summed E-state index contributed by atoms with van der Waals surface area (Å²) in [5, 5.41) is 4.08. The van der Waals surface area contributed by atoms with E-state index in [1.54, 1.807) is 4.90 Å². The number of aromatic amines is 1. The molecule has 5 heteroatoms. The van der Waals surface area contributed by atoms with E-state index in [1.807, 2.05) is 43.3 Å². The molecule has 0 fully saturated rings. The number of nitrogens with one attached hydrogen (secondary N) is 2. The summed E-state index contributed by atoms with van der Waals surface area (Å²) in [6.07, 6.45) is 1.91. The summed E-state index contributed by atoms with van der Waals surface area (Å²) in [6.45, 7) is 6.61. The van der Waals surface area contributed by atoms with Crippen LogP contribution in [0, 0.1) is 6.92 Å². The number of benzene rings is 3. The minimum atomic E-state index is -0.615. The van der Waals surface area contributed by atoms with Crippen molar-refractivity contribution in [2.24, 2.45) is 0 Å². The second-order valence-corrected chi connectivity index (χ2v) is 9.35. The van der Waals surface area contributed by atoms with Crippen LogP contribution in [0.15, 0.2) is 72.8 Å². The zero-order chi connectivity index (χ0) is 24.5. The van der Waals surface area contributed by atoms with Crippen molar-refractivity contribution in [3.8, 4) is 11.3 Å². The van der Waals surface area contributed by atoms with Gasteiger partial charge in [0, 0.05) is 28.6 Å². The summed E-state index contributed by atoms with van der Waals surface area (Å²) < 4.78 is 0. The Morgan fingerprint density at radius 3 is 2.51 bits per heavy atom. The lowest BCUT2D eigenvalue weighted by Crippen LogP contribution is -2.47. The van der Waals surface area contributed by atoms with Crippen LogP contribution in [-0.4, -0.2) is 34.3 Å². The second-order valence-electron chi connectivity index (χ2n) is 9.35. The molecule has 1 aliphatic rings. The largest absolute Gasteiger partial charge is 0.354 e. The number of nitrogens with zero attached hydrogens (tertiary/aromatic N) is 1. The first-order chi connectivity index (χ1) is 17.0. The molecule has 1 aromatic heterocycles. The van der Waals surface area contributed by atoms with Crippen molar-refractivity contribution in [2.45, 2.75) is 45.7 Å². The van der Waals surface area contributed by atoms with Gasteiger partial charge in [-0.1, -0.05) is 79.6 Å². The van der Waals surface area contributed by atoms with Gasteiger partial charge in [0.2, 0.25) is 5.91 Å². The molecule has 5 rings (SSSR count). The van der Waals surface area contributed by atoms with Gasteiger partial charge >= 0.3 is 0 Å². The molecule has 35 heavy (non-hydrogen) atoms. The molecule has 0 radical (unpaired) electrons. The van der Waals surface area contributed by atoms with Crippen molar-refractivity contribution in [3.05, 3.63) is 95.1 Å². The summed E-state index contributed by atoms with van der Waals surface area (Å²) in [6, 6.07) is 23.3. The molecule has 0 saturated carbocycles. The second kappa shape index (κ2) is 9.41. The summed E-state index contributed by atoms with van der Waals surface area (Å²) in [4.78, 5) is 32.3. The highest BCUT2D eigenvalue weighted by atomic mass is 16.2. The number of rotatable bonds is 7. The third-order valence-corrected chi connectivity index (χ3v) is 6.98. The van der Waals surface area contributed by atoms with Crippen LogP contribution in [0.4, 0.5) is 0 Å². The van der Waals surface area contributed by atoms with Crippen LogP contribution >= 0.6 is 0 Å². The number of hydrogen-bond donors (Lipinski definition) is 2. The first-order valence-electron chi connectivity index (χ1n) is 12.4. The van der Waals surface area contributed by atoms with Gasteiger partial charge in [-0.25, -0.2) is 0 Å². The third kappa shape index (κ3) is 4.01. The van der Waals surface area contributed by atoms with E-state index < -0.39 is 6.04 Å². The number of aromatic nitrogens is 1. The van der Waals surface area contributed by atoms with Gasteiger partial charge in [0.1, 0.15) is 6.04 Å². The molecule has 0 saturated heterocycles. The van der Waals surface area contributed by atoms with E-state index in [4.69, 9.17) is 0 Å². The fraction of sp³-hybridized carbons (Fsp3) is 0.267. The Kier molecular flexibility index (Phi) is 6.16. The average molecular weight is 466 g/mol. The average Bonchev–Trinajstić information content (AvgIpc) is 3.39. The molecule has 0 spiro atoms. The Labute approximate surface area is 206 Å². The quantitative estimate of drug-likeness (QED) is 0.329. The third-order valence-electron chi connectivity index (χ3n) is 6.98. The molecule has 0 aliphatic carbocycles. The number of amides is 2. The molecule has 2 atom stereocenters. The lowest BCUT2D eigenvalue weighted by atomic mass is 9.92. The minimum absolute atomic E-state index is 0.108. The standard InChI is InChI=1S/C30H31N3O2/c1-4-5-18-31-29(34)20(3)33-28(22-10-6-7-11-23(22)30(33)35)26-24-12-8-9-13-25(24)32-27(26)21-16-14-19(2)15-17-21/h6-17,20,28,32H,4-5,18H2,1-3H3,(H,31,34)/t20-,28-/m0/s1. The zero-order valence-electron chi connectivity index (χ0n) is 20.5. The number of para-hydroxylation sites is 1. The van der Waals surface area contributed by atoms with Gasteiger partial charge in [0.15, 0.2) is 0 Å². The lowest BCUT2D eigenvalue weighted by Gasteiger charge is -2.31. The van der Waals surface area contributed by atoms with Crippen LogP contribution in [0.25, 0.3) is 22.2 Å². The van der Waals surface area contributed by atoms with E-state index in [0.717, 1.165) is 46.1 Å². The van der Waals surface area contributed by atoms with Gasteiger partial charge in [-0.05, 0) is 43.5 Å². The normalized spacial score (nSPS) is 15.9. The number of aryl methyl sites for hydroxylation is 1. The van der Waals surface area contributed by atoms with E-state index in [2.05, 4.69) is 60.5 Å². The molecule has 2 N–H and O–H groups in total. The van der Waals surface area contributed by atoms with Crippen LogP contribution in [0.3, 0.4) is 0 Å². The predicted molar refractivity (Wildman–Crippen MR) is 140 cm³/mol. The molecule has 0 unspecified atom stereocenters. The summed E-state index contributed by atoms with van der Waals surface area (Å²) in [7, 11) is 0. The molecule has 1 aliphatic heterocycles. The molecule has 3 aromatic carbocycles. The Hall–Kier alpha value is -3.86. The van der Waals surface area contributed by atoms with E-state index in [-0.39, 0.29) is 17.9 Å². The predicted octanol–water partition coefficient (Wildman–Crippen LogP) is 5.99. The van der Waals surface area contributed by atoms with Crippen LogP contribution in [0.2, 0.25) is 0 Å². The maximum absolute atomic E-state index is 13.7. The van der Waals surface area contributed by atoms with Crippen LogP contribution < -0.4 is 5.32 Å². The molecule has 2 amide bonds. The summed E-state index contributed by atoms with van der Waals surface area (Å²) in [5.41, 5.74) is 6.84. The molecular formula is C30H31N3O2. The van der Waals surface area contributed by atoms with Crippen molar-refractivity contribution in [1.82, 2.24) is 15.2 Å². The fourth-order valence-corrected chi connectivity index (χ4v) is 5.09. The Morgan fingerprint density at radius 2 is 1.74 bits per heavy atom. The van der Waals surface area contributed by atoms with Crippen LogP contribution in [0.1, 0.15) is 59.8 Å². The van der Waals surface area contributed by atoms with E-state index >= 15 is 0 Å². The van der Waals surface area contributed by atoms with Crippen LogP contribution in [-0.2, 0) is 4.79 Å². The Bertz CT molecular complexity index is 1390. The minimum Gasteiger partial charge on any atom is -0.354 e. The number of hydrogen-bond acceptors (Lipinski definition) is 2. The summed E-state index contributed by atoms with van der Waals surface area (Å²) in [5.74, 6) is -0.231. The van der Waals surface area contributed by atoms with Gasteiger partial charge in [-0.2, -0.15) is 0 Å². The molecule has 2 heterocycles. The maximum Gasteiger partial charge on any atom is 0.255 e. The SMILES string of the molecule is CCCCNC(=O)[C@H](C)N1C(=O)c2ccccc2[C@H]1c1c(-c2ccc(C)cc2)[nH]c2ccccc12. The van der Waals surface area contributed by atoms with Crippen molar-refractivity contribution in [2.75, 3.05) is 6.54 Å². The van der Waals surface area contributed by atoms with Crippen molar-refractivity contribution in [1.29, 1.82) is 0 Å². The summed E-state index contributed by atoms with van der Waals surface area (Å²) >= 11 is 0. The Morgan fingerprint density at radius 1 is 1.03 bits per heavy atom. The molecule has 178 valence electrons. The molecular weight excluding hydrogens is 434 g/mol.